The highest BCUT2D eigenvalue weighted by Gasteiger charge is 2.43. The Morgan fingerprint density at radius 3 is 2.44 bits per heavy atom. The lowest BCUT2D eigenvalue weighted by Crippen LogP contribution is -2.42. The Labute approximate surface area is 229 Å². The third-order valence-electron chi connectivity index (χ3n) is 6.07. The monoisotopic (exact) mass is 551 g/mol. The van der Waals surface area contributed by atoms with Crippen LogP contribution in [-0.2, 0) is 27.9 Å². The van der Waals surface area contributed by atoms with Crippen LogP contribution < -0.4 is 15.3 Å². The van der Waals surface area contributed by atoms with Crippen LogP contribution in [0.5, 0.6) is 0 Å². The molecule has 3 amide bonds. The average molecular weight is 552 g/mol. The van der Waals surface area contributed by atoms with E-state index in [0.29, 0.717) is 22.5 Å². The second kappa shape index (κ2) is 11.8. The first kappa shape index (κ1) is 27.4. The highest BCUT2D eigenvalue weighted by molar-refractivity contribution is 7.80. The molecule has 2 heterocycles. The summed E-state index contributed by atoms with van der Waals surface area (Å²) in [5.74, 6) is -1.52. The number of esters is 1. The minimum absolute atomic E-state index is 0.0471. The van der Waals surface area contributed by atoms with Crippen molar-refractivity contribution in [2.45, 2.75) is 25.9 Å². The molecule has 1 fully saturated rings. The third-order valence-corrected chi connectivity index (χ3v) is 6.58. The lowest BCUT2D eigenvalue weighted by molar-refractivity contribution is -0.746. The Morgan fingerprint density at radius 2 is 1.77 bits per heavy atom. The average Bonchev–Trinajstić information content (AvgIpc) is 3.37. The lowest BCUT2D eigenvalue weighted by atomic mass is 10.1. The van der Waals surface area contributed by atoms with Crippen molar-refractivity contribution in [2.24, 2.45) is 7.05 Å². The van der Waals surface area contributed by atoms with Gasteiger partial charge < -0.3 is 15.0 Å². The molecule has 12 nitrogen and oxygen atoms in total. The molecule has 1 aliphatic rings. The number of carbonyl (C=O) groups is 4. The molecule has 0 aliphatic carbocycles. The number of ether oxygens (including phenoxy) is 1. The predicted octanol–water partition coefficient (Wildman–Crippen LogP) is 1.88. The molecule has 1 aromatic heterocycles. The van der Waals surface area contributed by atoms with E-state index >= 15 is 0 Å². The van der Waals surface area contributed by atoms with E-state index in [9.17, 15) is 19.2 Å². The summed E-state index contributed by atoms with van der Waals surface area (Å²) in [6.07, 6.45) is -0.191. The van der Waals surface area contributed by atoms with Gasteiger partial charge in [0.05, 0.1) is 18.6 Å². The smallest absolute Gasteiger partial charge is 0.338 e. The zero-order valence-electron chi connectivity index (χ0n) is 21.5. The molecule has 1 unspecified atom stereocenters. The first-order valence-electron chi connectivity index (χ1n) is 12.1. The third kappa shape index (κ3) is 6.09. The number of amides is 3. The number of likely N-dealkylation sites (N-methyl/N-ethyl adjacent to an activating group) is 1. The normalized spacial score (nSPS) is 14.9. The number of benzene rings is 2. The molecule has 3 aromatic rings. The van der Waals surface area contributed by atoms with Crippen LogP contribution in [0, 0.1) is 0 Å². The maximum Gasteiger partial charge on any atom is 0.338 e. The van der Waals surface area contributed by atoms with Crippen molar-refractivity contribution in [2.75, 3.05) is 24.3 Å². The second-order valence-electron chi connectivity index (χ2n) is 8.67. The van der Waals surface area contributed by atoms with Gasteiger partial charge >= 0.3 is 11.9 Å². The van der Waals surface area contributed by atoms with Gasteiger partial charge in [-0.05, 0) is 60.2 Å². The molecule has 0 spiro atoms. The van der Waals surface area contributed by atoms with E-state index in [1.54, 1.807) is 73.5 Å². The Bertz CT molecular complexity index is 1410. The summed E-state index contributed by atoms with van der Waals surface area (Å²) in [6, 6.07) is 13.9. The van der Waals surface area contributed by atoms with Gasteiger partial charge in [0.25, 0.3) is 17.5 Å². The predicted molar refractivity (Wildman–Crippen MR) is 142 cm³/mol. The molecular weight excluding hydrogens is 524 g/mol. The summed E-state index contributed by atoms with van der Waals surface area (Å²) in [5.41, 5.74) is 1.69. The van der Waals surface area contributed by atoms with E-state index in [0.717, 1.165) is 0 Å². The van der Waals surface area contributed by atoms with Crippen molar-refractivity contribution in [3.05, 3.63) is 71.4 Å². The summed E-state index contributed by atoms with van der Waals surface area (Å²) in [7, 11) is 3.17. The number of anilines is 2. The van der Waals surface area contributed by atoms with Gasteiger partial charge in [-0.2, -0.15) is 0 Å². The standard InChI is InChI=1S/C26H26N6O6S/c1-4-37-25(36)17-10-12-18(13-11-17)27-21(33)14-19-24(35)30(2)26(39)32(19)15-20-23(38-29-31(20)3)28-22(34)16-8-6-5-7-9-16/h5-13,19H,4,14-15H2,1-3H3,(H-,27,28,29,33,34,36)/p+1. The van der Waals surface area contributed by atoms with E-state index in [1.165, 1.54) is 16.6 Å². The number of aryl methyl sites for hydroxylation is 1. The molecular formula is C26H27N6O6S+. The molecule has 13 heteroatoms. The van der Waals surface area contributed by atoms with Gasteiger partial charge in [-0.1, -0.05) is 18.2 Å². The SMILES string of the molecule is CCOC(=O)c1ccc(NC(=O)CC2C(=O)N(C)C(=S)N2Cc2c(NC(=O)c3ccccc3)on[n+]2C)cc1. The number of hydrogen-bond donors (Lipinski definition) is 2. The van der Waals surface area contributed by atoms with Crippen LogP contribution in [0.2, 0.25) is 0 Å². The van der Waals surface area contributed by atoms with Crippen molar-refractivity contribution in [3.8, 4) is 0 Å². The fraction of sp³-hybridized carbons (Fsp3) is 0.269. The van der Waals surface area contributed by atoms with Crippen LogP contribution in [0.1, 0.15) is 39.8 Å². The highest BCUT2D eigenvalue weighted by Crippen LogP contribution is 2.24. The van der Waals surface area contributed by atoms with Crippen molar-refractivity contribution in [3.63, 3.8) is 0 Å². The zero-order chi connectivity index (χ0) is 28.1. The molecule has 2 aromatic carbocycles. The van der Waals surface area contributed by atoms with Crippen LogP contribution in [0.25, 0.3) is 0 Å². The largest absolute Gasteiger partial charge is 0.462 e. The maximum atomic E-state index is 13.0. The fourth-order valence-corrected chi connectivity index (χ4v) is 4.27. The number of aromatic nitrogens is 2. The molecule has 0 radical (unpaired) electrons. The highest BCUT2D eigenvalue weighted by atomic mass is 32.1. The van der Waals surface area contributed by atoms with Gasteiger partial charge in [0.1, 0.15) is 12.6 Å². The summed E-state index contributed by atoms with van der Waals surface area (Å²) < 4.78 is 11.7. The number of thiocarbonyl (C=S) groups is 1. The second-order valence-corrected chi connectivity index (χ2v) is 9.03. The quantitative estimate of drug-likeness (QED) is 0.232. The molecule has 0 saturated carbocycles. The van der Waals surface area contributed by atoms with Crippen molar-refractivity contribution in [1.29, 1.82) is 0 Å². The first-order valence-corrected chi connectivity index (χ1v) is 12.5. The molecule has 2 N–H and O–H groups in total. The van der Waals surface area contributed by atoms with E-state index in [1.807, 2.05) is 0 Å². The fourth-order valence-electron chi connectivity index (χ4n) is 3.99. The number of nitrogens with zero attached hydrogens (tertiary/aromatic N) is 4. The topological polar surface area (TPSA) is 138 Å². The molecule has 1 atom stereocenters. The molecule has 39 heavy (non-hydrogen) atoms. The molecule has 202 valence electrons. The van der Waals surface area contributed by atoms with Crippen LogP contribution >= 0.6 is 12.2 Å². The van der Waals surface area contributed by atoms with Gasteiger partial charge in [-0.3, -0.25) is 29.1 Å². The Hall–Kier alpha value is -4.65. The van der Waals surface area contributed by atoms with Gasteiger partial charge in [0, 0.05) is 18.3 Å². The zero-order valence-corrected chi connectivity index (χ0v) is 22.4. The summed E-state index contributed by atoms with van der Waals surface area (Å²) in [4.78, 5) is 53.3. The number of hydrogen-bond acceptors (Lipinski definition) is 8. The summed E-state index contributed by atoms with van der Waals surface area (Å²) in [5, 5.41) is 9.54. The van der Waals surface area contributed by atoms with Crippen molar-refractivity contribution in [1.82, 2.24) is 15.1 Å². The minimum Gasteiger partial charge on any atom is -0.462 e. The maximum absolute atomic E-state index is 13.0. The van der Waals surface area contributed by atoms with Crippen molar-refractivity contribution >= 4 is 52.6 Å². The van der Waals surface area contributed by atoms with Gasteiger partial charge in [-0.25, -0.2) is 4.79 Å². The van der Waals surface area contributed by atoms with Gasteiger partial charge in [-0.15, -0.1) is 0 Å². The molecule has 4 rings (SSSR count). The van der Waals surface area contributed by atoms with Crippen LogP contribution in [0.3, 0.4) is 0 Å². The number of nitrogens with one attached hydrogen (secondary N) is 2. The molecule has 0 bridgehead atoms. The minimum atomic E-state index is -0.895. The van der Waals surface area contributed by atoms with Gasteiger partial charge in [0.2, 0.25) is 11.2 Å². The van der Waals surface area contributed by atoms with E-state index in [4.69, 9.17) is 21.5 Å². The lowest BCUT2D eigenvalue weighted by Gasteiger charge is -2.21. The molecule has 1 saturated heterocycles. The number of carbonyl (C=O) groups excluding carboxylic acids is 4. The van der Waals surface area contributed by atoms with Crippen LogP contribution in [0.4, 0.5) is 11.6 Å². The van der Waals surface area contributed by atoms with E-state index in [-0.39, 0.29) is 36.5 Å². The summed E-state index contributed by atoms with van der Waals surface area (Å²) >= 11 is 5.49. The summed E-state index contributed by atoms with van der Waals surface area (Å²) in [6.45, 7) is 2.02. The van der Waals surface area contributed by atoms with Crippen LogP contribution in [0.15, 0.2) is 59.1 Å². The van der Waals surface area contributed by atoms with Crippen LogP contribution in [-0.4, -0.2) is 63.6 Å². The number of rotatable bonds is 9. The molecule has 1 aliphatic heterocycles. The van der Waals surface area contributed by atoms with Gasteiger partial charge in [0.15, 0.2) is 12.2 Å². The van der Waals surface area contributed by atoms with E-state index < -0.39 is 23.8 Å². The Morgan fingerprint density at radius 1 is 1.08 bits per heavy atom. The Kier molecular flexibility index (Phi) is 8.30. The Balaban J connectivity index is 1.47. The first-order chi connectivity index (χ1) is 18.7. The van der Waals surface area contributed by atoms with E-state index in [2.05, 4.69) is 15.9 Å². The van der Waals surface area contributed by atoms with Crippen molar-refractivity contribution < 1.29 is 33.1 Å².